The molecule has 4 aromatic rings. The van der Waals surface area contributed by atoms with Crippen molar-refractivity contribution >= 4 is 45.7 Å². The van der Waals surface area contributed by atoms with Crippen molar-refractivity contribution < 1.29 is 19.4 Å². The number of rotatable bonds is 7. The highest BCUT2D eigenvalue weighted by molar-refractivity contribution is 8.00. The molecule has 1 N–H and O–H groups in total. The van der Waals surface area contributed by atoms with Crippen molar-refractivity contribution in [3.05, 3.63) is 107 Å². The Morgan fingerprint density at radius 3 is 2.51 bits per heavy atom. The molecule has 1 fully saturated rings. The van der Waals surface area contributed by atoms with Gasteiger partial charge in [-0.1, -0.05) is 95.4 Å². The summed E-state index contributed by atoms with van der Waals surface area (Å²) < 4.78 is 6.06. The lowest BCUT2D eigenvalue weighted by atomic mass is 9.95. The summed E-state index contributed by atoms with van der Waals surface area (Å²) in [6.07, 6.45) is 0. The Hall–Kier alpha value is -3.95. The summed E-state index contributed by atoms with van der Waals surface area (Å²) in [5.41, 5.74) is 3.21. The number of nitrogens with zero attached hydrogens (tertiary/aromatic N) is 3. The highest BCUT2D eigenvalue weighted by atomic mass is 32.2. The quantitative estimate of drug-likeness (QED) is 0.107. The Balaban J connectivity index is 1.56. The third-order valence-electron chi connectivity index (χ3n) is 5.99. The average molecular weight is 530 g/mol. The molecule has 1 amide bonds. The summed E-state index contributed by atoms with van der Waals surface area (Å²) in [6, 6.07) is 23.3. The van der Waals surface area contributed by atoms with E-state index in [1.54, 1.807) is 43.5 Å². The van der Waals surface area contributed by atoms with Gasteiger partial charge in [0.15, 0.2) is 4.34 Å². The molecular weight excluding hydrogens is 506 g/mol. The van der Waals surface area contributed by atoms with E-state index in [0.29, 0.717) is 27.0 Å². The van der Waals surface area contributed by atoms with Gasteiger partial charge in [-0.25, -0.2) is 0 Å². The summed E-state index contributed by atoms with van der Waals surface area (Å²) in [7, 11) is 1.54. The van der Waals surface area contributed by atoms with Gasteiger partial charge in [-0.05, 0) is 30.2 Å². The summed E-state index contributed by atoms with van der Waals surface area (Å²) in [5, 5.41) is 20.1. The van der Waals surface area contributed by atoms with E-state index in [1.807, 2.05) is 49.4 Å². The van der Waals surface area contributed by atoms with Crippen LogP contribution in [0.25, 0.3) is 5.76 Å². The van der Waals surface area contributed by atoms with Crippen molar-refractivity contribution in [2.24, 2.45) is 0 Å². The first-order valence-corrected chi connectivity index (χ1v) is 13.3. The van der Waals surface area contributed by atoms with Gasteiger partial charge in [-0.2, -0.15) is 0 Å². The fourth-order valence-corrected chi connectivity index (χ4v) is 5.92. The summed E-state index contributed by atoms with van der Waals surface area (Å²) in [6.45, 7) is 1.93. The van der Waals surface area contributed by atoms with Crippen molar-refractivity contribution in [3.8, 4) is 5.75 Å². The van der Waals surface area contributed by atoms with Crippen LogP contribution in [0.15, 0.2) is 88.8 Å². The molecule has 1 saturated heterocycles. The molecule has 1 aliphatic heterocycles. The Kier molecular flexibility index (Phi) is 7.07. The number of thioether (sulfide) groups is 1. The van der Waals surface area contributed by atoms with Gasteiger partial charge in [0.25, 0.3) is 5.78 Å². The van der Waals surface area contributed by atoms with Crippen LogP contribution in [0, 0.1) is 6.92 Å². The molecule has 1 aliphatic rings. The summed E-state index contributed by atoms with van der Waals surface area (Å²) in [5.74, 6) is -0.524. The molecule has 37 heavy (non-hydrogen) atoms. The monoisotopic (exact) mass is 529 g/mol. The number of benzene rings is 3. The Labute approximate surface area is 222 Å². The molecule has 7 nitrogen and oxygen atoms in total. The zero-order valence-electron chi connectivity index (χ0n) is 20.1. The van der Waals surface area contributed by atoms with Crippen LogP contribution < -0.4 is 9.64 Å². The second-order valence-corrected chi connectivity index (χ2v) is 10.6. The van der Waals surface area contributed by atoms with Crippen LogP contribution in [0.5, 0.6) is 5.75 Å². The van der Waals surface area contributed by atoms with Crippen LogP contribution in [0.4, 0.5) is 5.13 Å². The first kappa shape index (κ1) is 24.7. The van der Waals surface area contributed by atoms with E-state index in [9.17, 15) is 14.7 Å². The molecule has 0 radical (unpaired) electrons. The first-order chi connectivity index (χ1) is 18.0. The number of hydrogen-bond acceptors (Lipinski definition) is 8. The SMILES string of the molecule is COc1cccc(C2/C(=C(/O)c3ccc(C)cc3)C(=O)C(=O)N2c2nnc(SCc3ccccc3)s2)c1. The van der Waals surface area contributed by atoms with Crippen molar-refractivity contribution in [1.82, 2.24) is 10.2 Å². The Bertz CT molecular complexity index is 1480. The number of carbonyl (C=O) groups excluding carboxylic acids is 2. The van der Waals surface area contributed by atoms with Crippen LogP contribution in [0.1, 0.15) is 28.3 Å². The molecule has 3 aromatic carbocycles. The Morgan fingerprint density at radius 2 is 1.78 bits per heavy atom. The minimum Gasteiger partial charge on any atom is -0.507 e. The van der Waals surface area contributed by atoms with E-state index < -0.39 is 17.7 Å². The van der Waals surface area contributed by atoms with E-state index in [-0.39, 0.29) is 16.5 Å². The zero-order valence-corrected chi connectivity index (χ0v) is 21.8. The largest absolute Gasteiger partial charge is 0.507 e. The van der Waals surface area contributed by atoms with Gasteiger partial charge in [0, 0.05) is 11.3 Å². The van der Waals surface area contributed by atoms with Crippen LogP contribution in [0.3, 0.4) is 0 Å². The van der Waals surface area contributed by atoms with Gasteiger partial charge in [0.05, 0.1) is 18.7 Å². The predicted molar refractivity (Wildman–Crippen MR) is 145 cm³/mol. The molecule has 0 saturated carbocycles. The van der Waals surface area contributed by atoms with Crippen LogP contribution in [0.2, 0.25) is 0 Å². The van der Waals surface area contributed by atoms with Crippen LogP contribution in [-0.2, 0) is 15.3 Å². The number of carbonyl (C=O) groups is 2. The number of ketones is 1. The van der Waals surface area contributed by atoms with E-state index in [0.717, 1.165) is 11.1 Å². The van der Waals surface area contributed by atoms with Gasteiger partial charge in [0.1, 0.15) is 11.5 Å². The van der Waals surface area contributed by atoms with Crippen LogP contribution >= 0.6 is 23.1 Å². The minimum atomic E-state index is -0.892. The molecule has 186 valence electrons. The molecule has 1 unspecified atom stereocenters. The summed E-state index contributed by atoms with van der Waals surface area (Å²) in [4.78, 5) is 28.0. The molecule has 1 aromatic heterocycles. The second kappa shape index (κ2) is 10.6. The van der Waals surface area contributed by atoms with Gasteiger partial charge in [-0.15, -0.1) is 10.2 Å². The lowest BCUT2D eigenvalue weighted by Crippen LogP contribution is -2.29. The average Bonchev–Trinajstić information content (AvgIpc) is 3.50. The molecule has 2 heterocycles. The number of aliphatic hydroxyl groups excluding tert-OH is 1. The van der Waals surface area contributed by atoms with Gasteiger partial charge in [0.2, 0.25) is 5.13 Å². The van der Waals surface area contributed by atoms with E-state index in [2.05, 4.69) is 10.2 Å². The molecule has 0 bridgehead atoms. The van der Waals surface area contributed by atoms with Gasteiger partial charge >= 0.3 is 5.91 Å². The van der Waals surface area contributed by atoms with Gasteiger partial charge in [-0.3, -0.25) is 14.5 Å². The van der Waals surface area contributed by atoms with Gasteiger partial charge < -0.3 is 9.84 Å². The normalized spacial score (nSPS) is 16.8. The zero-order chi connectivity index (χ0) is 25.9. The van der Waals surface area contributed by atoms with Crippen molar-refractivity contribution in [1.29, 1.82) is 0 Å². The standard InChI is InChI=1S/C28H23N3O4S2/c1-17-11-13-19(14-12-17)24(32)22-23(20-9-6-10-21(15-20)35-2)31(26(34)25(22)33)27-29-30-28(37-27)36-16-18-7-4-3-5-8-18/h3-15,23,32H,16H2,1-2H3/b24-22-. The summed E-state index contributed by atoms with van der Waals surface area (Å²) >= 11 is 2.74. The van der Waals surface area contributed by atoms with E-state index >= 15 is 0 Å². The maximum Gasteiger partial charge on any atom is 0.301 e. The van der Waals surface area contributed by atoms with E-state index in [1.165, 1.54) is 28.0 Å². The van der Waals surface area contributed by atoms with Crippen molar-refractivity contribution in [2.45, 2.75) is 23.1 Å². The predicted octanol–water partition coefficient (Wildman–Crippen LogP) is 5.77. The molecule has 1 atom stereocenters. The first-order valence-electron chi connectivity index (χ1n) is 11.5. The number of ether oxygens (including phenoxy) is 1. The molecule has 0 aliphatic carbocycles. The smallest absolute Gasteiger partial charge is 0.301 e. The molecular formula is C28H23N3O4S2. The highest BCUT2D eigenvalue weighted by Gasteiger charge is 2.48. The number of aryl methyl sites for hydroxylation is 1. The third kappa shape index (κ3) is 5.00. The number of aliphatic hydroxyl groups is 1. The molecule has 9 heteroatoms. The maximum atomic E-state index is 13.4. The fraction of sp³-hybridized carbons (Fsp3) is 0.143. The lowest BCUT2D eigenvalue weighted by molar-refractivity contribution is -0.132. The number of amides is 1. The number of Topliss-reactive ketones (excluding diaryl/α,β-unsaturated/α-hetero) is 1. The number of hydrogen-bond donors (Lipinski definition) is 1. The third-order valence-corrected chi connectivity index (χ3v) is 8.11. The van der Waals surface area contributed by atoms with Crippen molar-refractivity contribution in [3.63, 3.8) is 0 Å². The topological polar surface area (TPSA) is 92.6 Å². The minimum absolute atomic E-state index is 0.00389. The highest BCUT2D eigenvalue weighted by Crippen LogP contribution is 2.44. The Morgan fingerprint density at radius 1 is 1.03 bits per heavy atom. The number of aromatic nitrogens is 2. The molecule has 5 rings (SSSR count). The lowest BCUT2D eigenvalue weighted by Gasteiger charge is -2.23. The van der Waals surface area contributed by atoms with E-state index in [4.69, 9.17) is 4.74 Å². The second-order valence-electron chi connectivity index (χ2n) is 8.44. The molecule has 0 spiro atoms. The fourth-order valence-electron chi connectivity index (χ4n) is 4.10. The maximum absolute atomic E-state index is 13.4. The van der Waals surface area contributed by atoms with Crippen LogP contribution in [-0.4, -0.2) is 34.1 Å². The number of methoxy groups -OCH3 is 1. The van der Waals surface area contributed by atoms with Crippen molar-refractivity contribution in [2.75, 3.05) is 12.0 Å². The number of anilines is 1.